The molecule has 2 N–H and O–H groups in total. The Balaban J connectivity index is 2.77. The van der Waals surface area contributed by atoms with Crippen molar-refractivity contribution < 1.29 is 0 Å². The second kappa shape index (κ2) is 3.05. The lowest BCUT2D eigenvalue weighted by atomic mass is 10.1. The number of hydrogen-bond acceptors (Lipinski definition) is 2. The highest BCUT2D eigenvalue weighted by Crippen LogP contribution is 2.05. The molecule has 0 aromatic carbocycles. The molecule has 0 aliphatic heterocycles. The van der Waals surface area contributed by atoms with Gasteiger partial charge in [-0.25, -0.2) is 0 Å². The second-order valence-corrected chi connectivity index (χ2v) is 3.11. The van der Waals surface area contributed by atoms with Crippen molar-refractivity contribution in [3.63, 3.8) is 0 Å². The maximum Gasteiger partial charge on any atom is 0.0668 e. The van der Waals surface area contributed by atoms with Gasteiger partial charge in [0.05, 0.1) is 5.69 Å². The van der Waals surface area contributed by atoms with Gasteiger partial charge in [-0.15, -0.1) is 0 Å². The predicted molar refractivity (Wildman–Crippen MR) is 45.3 cm³/mol. The molecule has 3 nitrogen and oxygen atoms in total. The van der Waals surface area contributed by atoms with Gasteiger partial charge in [0.15, 0.2) is 0 Å². The fourth-order valence-electron chi connectivity index (χ4n) is 1.16. The maximum atomic E-state index is 5.65. The van der Waals surface area contributed by atoms with Crippen LogP contribution in [-0.2, 0) is 13.5 Å². The molecule has 0 amide bonds. The lowest BCUT2D eigenvalue weighted by molar-refractivity contribution is 0.684. The average molecular weight is 153 g/mol. The van der Waals surface area contributed by atoms with E-state index in [2.05, 4.69) is 12.0 Å². The molecule has 0 unspecified atom stereocenters. The Morgan fingerprint density at radius 3 is 2.73 bits per heavy atom. The van der Waals surface area contributed by atoms with E-state index in [1.165, 1.54) is 5.56 Å². The molecule has 62 valence electrons. The minimum atomic E-state index is 0.198. The zero-order valence-electron chi connectivity index (χ0n) is 7.33. The van der Waals surface area contributed by atoms with Crippen molar-refractivity contribution in [2.45, 2.75) is 26.3 Å². The minimum Gasteiger partial charge on any atom is -0.328 e. The van der Waals surface area contributed by atoms with Crippen molar-refractivity contribution in [2.24, 2.45) is 12.8 Å². The highest BCUT2D eigenvalue weighted by Gasteiger charge is 2.04. The molecule has 1 rings (SSSR count). The van der Waals surface area contributed by atoms with Crippen LogP contribution >= 0.6 is 0 Å². The summed E-state index contributed by atoms with van der Waals surface area (Å²) in [5.41, 5.74) is 7.99. The van der Waals surface area contributed by atoms with Crippen LogP contribution in [0.5, 0.6) is 0 Å². The summed E-state index contributed by atoms with van der Waals surface area (Å²) < 4.78 is 1.83. The van der Waals surface area contributed by atoms with Gasteiger partial charge in [-0.2, -0.15) is 5.10 Å². The largest absolute Gasteiger partial charge is 0.328 e. The smallest absolute Gasteiger partial charge is 0.0668 e. The van der Waals surface area contributed by atoms with Crippen LogP contribution in [0.1, 0.15) is 18.2 Å². The summed E-state index contributed by atoms with van der Waals surface area (Å²) >= 11 is 0. The Bertz CT molecular complexity index is 237. The molecule has 0 saturated carbocycles. The van der Waals surface area contributed by atoms with Crippen LogP contribution in [0.25, 0.3) is 0 Å². The fourth-order valence-corrected chi connectivity index (χ4v) is 1.16. The number of aromatic nitrogens is 2. The number of hydrogen-bond donors (Lipinski definition) is 1. The third kappa shape index (κ3) is 2.05. The monoisotopic (exact) mass is 153 g/mol. The van der Waals surface area contributed by atoms with Crippen LogP contribution in [0.2, 0.25) is 0 Å². The van der Waals surface area contributed by atoms with E-state index in [4.69, 9.17) is 5.73 Å². The van der Waals surface area contributed by atoms with Gasteiger partial charge in [-0.3, -0.25) is 4.68 Å². The molecule has 0 bridgehead atoms. The highest BCUT2D eigenvalue weighted by atomic mass is 15.2. The summed E-state index contributed by atoms with van der Waals surface area (Å²) in [6, 6.07) is 0.198. The molecular formula is C8H15N3. The van der Waals surface area contributed by atoms with Crippen LogP contribution < -0.4 is 5.73 Å². The molecule has 0 spiro atoms. The van der Waals surface area contributed by atoms with Crippen molar-refractivity contribution in [2.75, 3.05) is 0 Å². The number of nitrogens with two attached hydrogens (primary N) is 1. The fraction of sp³-hybridized carbons (Fsp3) is 0.625. The van der Waals surface area contributed by atoms with Gasteiger partial charge in [0.25, 0.3) is 0 Å². The zero-order valence-corrected chi connectivity index (χ0v) is 7.33. The summed E-state index contributed by atoms with van der Waals surface area (Å²) in [6.07, 6.45) is 2.88. The van der Waals surface area contributed by atoms with Crippen LogP contribution in [0.15, 0.2) is 6.20 Å². The van der Waals surface area contributed by atoms with Gasteiger partial charge in [0.1, 0.15) is 0 Å². The van der Waals surface area contributed by atoms with Crippen LogP contribution in [0.4, 0.5) is 0 Å². The summed E-state index contributed by atoms with van der Waals surface area (Å²) in [5.74, 6) is 0. The van der Waals surface area contributed by atoms with Crippen molar-refractivity contribution >= 4 is 0 Å². The van der Waals surface area contributed by atoms with Crippen LogP contribution in [0.3, 0.4) is 0 Å². The molecule has 3 heteroatoms. The number of nitrogens with zero attached hydrogens (tertiary/aromatic N) is 2. The van der Waals surface area contributed by atoms with E-state index in [-0.39, 0.29) is 6.04 Å². The molecule has 11 heavy (non-hydrogen) atoms. The van der Waals surface area contributed by atoms with Crippen molar-refractivity contribution in [3.8, 4) is 0 Å². The summed E-state index contributed by atoms with van der Waals surface area (Å²) in [4.78, 5) is 0. The van der Waals surface area contributed by atoms with Gasteiger partial charge in [-0.1, -0.05) is 0 Å². The van der Waals surface area contributed by atoms with E-state index in [1.54, 1.807) is 0 Å². The molecule has 0 aliphatic rings. The highest BCUT2D eigenvalue weighted by molar-refractivity contribution is 5.15. The third-order valence-corrected chi connectivity index (χ3v) is 1.63. The molecule has 0 radical (unpaired) electrons. The first-order chi connectivity index (χ1) is 5.09. The van der Waals surface area contributed by atoms with E-state index in [1.807, 2.05) is 24.9 Å². The van der Waals surface area contributed by atoms with E-state index in [0.29, 0.717) is 0 Å². The lowest BCUT2D eigenvalue weighted by Gasteiger charge is -2.01. The molecule has 0 fully saturated rings. The average Bonchev–Trinajstić information content (AvgIpc) is 2.09. The molecule has 0 aliphatic carbocycles. The van der Waals surface area contributed by atoms with Gasteiger partial charge in [0, 0.05) is 25.7 Å². The molecule has 1 aromatic heterocycles. The van der Waals surface area contributed by atoms with Gasteiger partial charge in [-0.05, 0) is 19.4 Å². The van der Waals surface area contributed by atoms with Gasteiger partial charge < -0.3 is 5.73 Å². The normalized spacial score (nSPS) is 13.5. The zero-order chi connectivity index (χ0) is 8.43. The Kier molecular flexibility index (Phi) is 2.29. The quantitative estimate of drug-likeness (QED) is 0.676. The van der Waals surface area contributed by atoms with Gasteiger partial charge in [0.2, 0.25) is 0 Å². The molecule has 0 saturated heterocycles. The van der Waals surface area contributed by atoms with E-state index >= 15 is 0 Å². The van der Waals surface area contributed by atoms with Crippen molar-refractivity contribution in [3.05, 3.63) is 17.5 Å². The van der Waals surface area contributed by atoms with Crippen molar-refractivity contribution in [1.29, 1.82) is 0 Å². The first-order valence-corrected chi connectivity index (χ1v) is 3.84. The lowest BCUT2D eigenvalue weighted by Crippen LogP contribution is -2.18. The maximum absolute atomic E-state index is 5.65. The van der Waals surface area contributed by atoms with Crippen LogP contribution in [0, 0.1) is 6.92 Å². The second-order valence-electron chi connectivity index (χ2n) is 3.11. The third-order valence-electron chi connectivity index (χ3n) is 1.63. The minimum absolute atomic E-state index is 0.198. The Morgan fingerprint density at radius 1 is 1.73 bits per heavy atom. The molecular weight excluding hydrogens is 138 g/mol. The number of rotatable bonds is 2. The predicted octanol–water partition coefficient (Wildman–Crippen LogP) is 0.618. The Labute approximate surface area is 67.2 Å². The van der Waals surface area contributed by atoms with Crippen molar-refractivity contribution in [1.82, 2.24) is 9.78 Å². The standard InChI is InChI=1S/C8H15N3/c1-6-5-11(3)10-8(6)4-7(2)9/h5,7H,4,9H2,1-3H3/t7-/m0/s1. The Morgan fingerprint density at radius 2 is 2.36 bits per heavy atom. The van der Waals surface area contributed by atoms with Crippen LogP contribution in [-0.4, -0.2) is 15.8 Å². The summed E-state index contributed by atoms with van der Waals surface area (Å²) in [6.45, 7) is 4.05. The molecule has 1 heterocycles. The van der Waals surface area contributed by atoms with E-state index in [9.17, 15) is 0 Å². The molecule has 1 atom stereocenters. The summed E-state index contributed by atoms with van der Waals surface area (Å²) in [5, 5.41) is 4.29. The topological polar surface area (TPSA) is 43.8 Å². The first-order valence-electron chi connectivity index (χ1n) is 3.84. The van der Waals surface area contributed by atoms with Gasteiger partial charge >= 0.3 is 0 Å². The Hall–Kier alpha value is -0.830. The number of aryl methyl sites for hydroxylation is 2. The summed E-state index contributed by atoms with van der Waals surface area (Å²) in [7, 11) is 1.93. The van der Waals surface area contributed by atoms with E-state index in [0.717, 1.165) is 12.1 Å². The first kappa shape index (κ1) is 8.27. The SMILES string of the molecule is Cc1cn(C)nc1C[C@H](C)N. The van der Waals surface area contributed by atoms with E-state index < -0.39 is 0 Å². The molecule has 1 aromatic rings.